The van der Waals surface area contributed by atoms with Gasteiger partial charge in [-0.25, -0.2) is 0 Å². The van der Waals surface area contributed by atoms with Crippen LogP contribution in [-0.4, -0.2) is 193 Å². The maximum Gasteiger partial charge on any atom is 0.117 e. The van der Waals surface area contributed by atoms with Gasteiger partial charge in [0.15, 0.2) is 0 Å². The van der Waals surface area contributed by atoms with Crippen molar-refractivity contribution in [1.82, 2.24) is 0 Å². The normalized spacial score (nSPS) is 57.8. The Bertz CT molecular complexity index is 1670. The Morgan fingerprint density at radius 1 is 0.365 bits per heavy atom. The van der Waals surface area contributed by atoms with Crippen molar-refractivity contribution in [2.75, 3.05) is 0 Å². The van der Waals surface area contributed by atoms with Gasteiger partial charge >= 0.3 is 0 Å². The topological polar surface area (TPSA) is 331 Å². The van der Waals surface area contributed by atoms with Crippen LogP contribution in [0.5, 0.6) is 0 Å². The van der Waals surface area contributed by atoms with E-state index in [0.717, 1.165) is 0 Å². The minimum atomic E-state index is -1.46. The fourth-order valence-electron chi connectivity index (χ4n) is 14.6. The van der Waals surface area contributed by atoms with E-state index in [9.17, 15) is 76.6 Å². The fraction of sp³-hybridized carbons (Fsp3) is 0.911. The molecule has 0 aromatic rings. The summed E-state index contributed by atoms with van der Waals surface area (Å²) < 4.78 is 20.3. The van der Waals surface area contributed by atoms with Crippen LogP contribution < -0.4 is 0 Å². The number of rotatable bonds is 5. The molecule has 3 saturated heterocycles. The van der Waals surface area contributed by atoms with Gasteiger partial charge in [0.05, 0.1) is 104 Å². The molecule has 3 heterocycles. The molecule has 0 spiro atoms. The lowest BCUT2D eigenvalue weighted by Gasteiger charge is -2.62. The van der Waals surface area contributed by atoms with Gasteiger partial charge in [0.25, 0.3) is 0 Å². The summed E-state index contributed by atoms with van der Waals surface area (Å²) in [6.45, 7) is 0. The van der Waals surface area contributed by atoms with Gasteiger partial charge in [0, 0.05) is 41.4 Å². The van der Waals surface area contributed by atoms with E-state index in [0.29, 0.717) is 6.42 Å². The van der Waals surface area contributed by atoms with Crippen molar-refractivity contribution in [2.45, 2.75) is 193 Å². The van der Waals surface area contributed by atoms with Crippen LogP contribution in [0.15, 0.2) is 23.7 Å². The molecule has 358 valence electrons. The highest BCUT2D eigenvalue weighted by Gasteiger charge is 2.66. The first-order valence-corrected chi connectivity index (χ1v) is 23.5. The Balaban J connectivity index is 1.13. The molecule has 4 saturated carbocycles. The lowest BCUT2D eigenvalue weighted by Crippen LogP contribution is -2.71. The Kier molecular flexibility index (Phi) is 13.4. The highest BCUT2D eigenvalue weighted by Crippen LogP contribution is 2.58. The first-order chi connectivity index (χ1) is 29.9. The van der Waals surface area contributed by atoms with Crippen molar-refractivity contribution in [2.24, 2.45) is 59.2 Å². The van der Waals surface area contributed by atoms with Crippen molar-refractivity contribution in [3.63, 3.8) is 0 Å². The van der Waals surface area contributed by atoms with Crippen molar-refractivity contribution >= 4 is 0 Å². The van der Waals surface area contributed by atoms with Crippen LogP contribution in [0.4, 0.5) is 0 Å². The van der Waals surface area contributed by atoms with E-state index < -0.39 is 169 Å². The first-order valence-electron chi connectivity index (χ1n) is 23.5. The van der Waals surface area contributed by atoms with Gasteiger partial charge in [0.2, 0.25) is 0 Å². The fourth-order valence-corrected chi connectivity index (χ4v) is 14.6. The minimum Gasteiger partial charge on any atom is -0.510 e. The smallest absolute Gasteiger partial charge is 0.117 e. The summed E-state index contributed by atoms with van der Waals surface area (Å²) in [5.74, 6) is -8.79. The molecule has 0 aromatic heterocycles. The molecule has 3 aliphatic heterocycles. The molecule has 63 heavy (non-hydrogen) atoms. The van der Waals surface area contributed by atoms with E-state index >= 15 is 0 Å². The van der Waals surface area contributed by atoms with E-state index in [1.54, 1.807) is 0 Å². The number of hydrogen-bond acceptors (Lipinski definition) is 18. The Morgan fingerprint density at radius 3 is 1.44 bits per heavy atom. The standard InChI is InChI=1S/C45H70O18/c46-18-10-27(54)33-32(11-18)61-42(16-2-5-21(48)25(52)8-16)39(59)37(33)35-29(56)14-30(57)36-38(40(60)43(63-45(35)36)17-3-6-22(49)26(53)9-17)34-28(55)13-23(50)19-12-31(58)41(62-44(19)34)15-1-4-20(47)24(51)7-15/h5-6,15-20,23-60H,1-4,7-14H2/t15?,16?,17?,18?,19?,20?,23?,24?,25?,26?,27?,28?,29?,30?,31-,32?,33?,34?,35?,36?,37-,38+,39-,40-,41-,42-,43-,44?,45?/m1/s1. The monoisotopic (exact) mass is 898 g/mol. The van der Waals surface area contributed by atoms with Gasteiger partial charge < -0.3 is 90.8 Å². The third-order valence-electron chi connectivity index (χ3n) is 17.5. The highest BCUT2D eigenvalue weighted by atomic mass is 16.5. The molecule has 18 nitrogen and oxygen atoms in total. The van der Waals surface area contributed by atoms with Crippen LogP contribution in [0.25, 0.3) is 0 Å². The van der Waals surface area contributed by atoms with Gasteiger partial charge in [-0.3, -0.25) is 0 Å². The van der Waals surface area contributed by atoms with Crippen LogP contribution in [0.3, 0.4) is 0 Å². The second-order valence-electron chi connectivity index (χ2n) is 21.1. The average molecular weight is 899 g/mol. The van der Waals surface area contributed by atoms with Gasteiger partial charge in [-0.05, 0) is 107 Å². The van der Waals surface area contributed by atoms with Crippen LogP contribution in [0.1, 0.15) is 77.0 Å². The molecule has 7 fully saturated rings. The van der Waals surface area contributed by atoms with Crippen molar-refractivity contribution in [3.8, 4) is 0 Å². The summed E-state index contributed by atoms with van der Waals surface area (Å²) in [5, 5.41) is 171. The lowest BCUT2D eigenvalue weighted by molar-refractivity contribution is -0.316. The van der Waals surface area contributed by atoms with Gasteiger partial charge in [-0.15, -0.1) is 0 Å². The lowest BCUT2D eigenvalue weighted by atomic mass is 9.52. The third kappa shape index (κ3) is 8.33. The molecule has 9 rings (SSSR count). The van der Waals surface area contributed by atoms with Crippen molar-refractivity contribution in [1.29, 1.82) is 0 Å². The summed E-state index contributed by atoms with van der Waals surface area (Å²) >= 11 is 0. The quantitative estimate of drug-likeness (QED) is 0.139. The Hall–Kier alpha value is -1.56. The predicted octanol–water partition coefficient (Wildman–Crippen LogP) is -2.21. The van der Waals surface area contributed by atoms with E-state index in [4.69, 9.17) is 14.2 Å². The zero-order valence-electron chi connectivity index (χ0n) is 35.3. The van der Waals surface area contributed by atoms with Crippen LogP contribution in [0, 0.1) is 59.2 Å². The minimum absolute atomic E-state index is 0.0316. The second kappa shape index (κ2) is 18.2. The number of aliphatic hydroxyl groups is 15. The zero-order valence-corrected chi connectivity index (χ0v) is 35.3. The predicted molar refractivity (Wildman–Crippen MR) is 216 cm³/mol. The first kappa shape index (κ1) is 46.5. The molecule has 0 radical (unpaired) electrons. The molecule has 9 aliphatic rings. The molecule has 21 unspecified atom stereocenters. The van der Waals surface area contributed by atoms with Crippen molar-refractivity contribution in [3.05, 3.63) is 23.7 Å². The van der Waals surface area contributed by atoms with Crippen LogP contribution in [0.2, 0.25) is 0 Å². The largest absolute Gasteiger partial charge is 0.510 e. The summed E-state index contributed by atoms with van der Waals surface area (Å²) in [4.78, 5) is 0. The number of fused-ring (bicyclic) bond motifs is 3. The SMILES string of the molecule is OC1=CCC([C@H]2OC3C(C(O)CC(O)C3[C@H]3C4C(O)CC(O)CC4O[C@H](C4CC=C(O)C(O)C4)[C@@H]3O)[C@H](C3C(O)CC(O)C4C[C@@H](O)[C@@H](C5CCC(O)C(O)C5)OC43)[C@H]2O)CC1O. The van der Waals surface area contributed by atoms with Crippen LogP contribution in [-0.2, 0) is 14.2 Å². The molecular formula is C45H70O18. The molecule has 0 bridgehead atoms. The Labute approximate surface area is 366 Å². The maximum absolute atomic E-state index is 12.8. The van der Waals surface area contributed by atoms with Gasteiger partial charge in [-0.1, -0.05) is 0 Å². The van der Waals surface area contributed by atoms with Gasteiger partial charge in [-0.2, -0.15) is 0 Å². The molecule has 0 aromatic carbocycles. The molecule has 0 amide bonds. The summed E-state index contributed by atoms with van der Waals surface area (Å²) in [5.41, 5.74) is 0. The molecule has 6 aliphatic carbocycles. The summed E-state index contributed by atoms with van der Waals surface area (Å²) in [6.07, 6.45) is -17.9. The second-order valence-corrected chi connectivity index (χ2v) is 21.1. The maximum atomic E-state index is 12.8. The number of aliphatic hydroxyl groups excluding tert-OH is 15. The summed E-state index contributed by atoms with van der Waals surface area (Å²) in [6, 6.07) is 0. The van der Waals surface area contributed by atoms with E-state index in [2.05, 4.69) is 0 Å². The third-order valence-corrected chi connectivity index (χ3v) is 17.5. The molecule has 15 N–H and O–H groups in total. The average Bonchev–Trinajstić information content (AvgIpc) is 3.22. The number of hydrogen-bond donors (Lipinski definition) is 15. The number of allylic oxidation sites excluding steroid dienone is 2. The highest BCUT2D eigenvalue weighted by molar-refractivity contribution is 5.16. The number of ether oxygens (including phenoxy) is 3. The molecule has 29 atom stereocenters. The van der Waals surface area contributed by atoms with E-state index in [1.807, 2.05) is 0 Å². The zero-order chi connectivity index (χ0) is 44.9. The van der Waals surface area contributed by atoms with E-state index in [-0.39, 0.29) is 88.1 Å². The van der Waals surface area contributed by atoms with Crippen molar-refractivity contribution < 1.29 is 90.8 Å². The van der Waals surface area contributed by atoms with E-state index in [1.165, 1.54) is 12.2 Å². The summed E-state index contributed by atoms with van der Waals surface area (Å²) in [7, 11) is 0. The Morgan fingerprint density at radius 2 is 0.873 bits per heavy atom. The van der Waals surface area contributed by atoms with Crippen LogP contribution >= 0.6 is 0 Å². The molecular weight excluding hydrogens is 828 g/mol. The molecule has 18 heteroatoms. The van der Waals surface area contributed by atoms with Gasteiger partial charge in [0.1, 0.15) is 23.7 Å².